The van der Waals surface area contributed by atoms with Crippen LogP contribution in [0.2, 0.25) is 0 Å². The van der Waals surface area contributed by atoms with Crippen LogP contribution in [0.1, 0.15) is 25.7 Å². The van der Waals surface area contributed by atoms with Crippen LogP contribution in [0.5, 0.6) is 0 Å². The van der Waals surface area contributed by atoms with Gasteiger partial charge in [-0.1, -0.05) is 0 Å². The molecule has 0 radical (unpaired) electrons. The van der Waals surface area contributed by atoms with Gasteiger partial charge in [0, 0.05) is 26.7 Å². The third-order valence-corrected chi connectivity index (χ3v) is 2.06. The number of nitrogens with one attached hydrogen (secondary N) is 2. The van der Waals surface area contributed by atoms with Crippen molar-refractivity contribution in [2.24, 2.45) is 0 Å². The number of hydrogen-bond acceptors (Lipinski definition) is 3. The third-order valence-electron chi connectivity index (χ3n) is 2.06. The molecule has 0 aromatic heterocycles. The summed E-state index contributed by atoms with van der Waals surface area (Å²) in [6.45, 7) is 2.57. The highest BCUT2D eigenvalue weighted by molar-refractivity contribution is 5.77. The third kappa shape index (κ3) is 11.0. The summed E-state index contributed by atoms with van der Waals surface area (Å²) in [4.78, 5) is 11.2. The lowest BCUT2D eigenvalue weighted by Crippen LogP contribution is -2.35. The predicted molar refractivity (Wildman–Crippen MR) is 65.1 cm³/mol. The molecule has 4 heteroatoms. The van der Waals surface area contributed by atoms with Gasteiger partial charge >= 0.3 is 0 Å². The first-order valence-electron chi connectivity index (χ1n) is 5.71. The standard InChI is InChI=1S/C12H22N2O2/c1-3-4-5-6-8-13-11-12(15)14-9-7-10-16-2/h1,13H,4-11H2,2H3,(H,14,15). The van der Waals surface area contributed by atoms with Gasteiger partial charge in [-0.2, -0.15) is 0 Å². The molecule has 0 spiro atoms. The van der Waals surface area contributed by atoms with E-state index < -0.39 is 0 Å². The summed E-state index contributed by atoms with van der Waals surface area (Å²) < 4.78 is 4.88. The van der Waals surface area contributed by atoms with E-state index in [9.17, 15) is 4.79 Å². The summed E-state index contributed by atoms with van der Waals surface area (Å²) in [5.41, 5.74) is 0. The Balaban J connectivity index is 3.15. The molecular weight excluding hydrogens is 204 g/mol. The summed E-state index contributed by atoms with van der Waals surface area (Å²) in [5.74, 6) is 2.62. The van der Waals surface area contributed by atoms with Crippen LogP contribution < -0.4 is 10.6 Å². The van der Waals surface area contributed by atoms with Crippen molar-refractivity contribution in [2.75, 3.05) is 33.4 Å². The van der Waals surface area contributed by atoms with Crippen LogP contribution in [0.25, 0.3) is 0 Å². The first-order chi connectivity index (χ1) is 7.81. The lowest BCUT2D eigenvalue weighted by atomic mass is 10.2. The molecule has 0 bridgehead atoms. The lowest BCUT2D eigenvalue weighted by molar-refractivity contribution is -0.120. The fraction of sp³-hybridized carbons (Fsp3) is 0.750. The number of carbonyl (C=O) groups is 1. The second kappa shape index (κ2) is 12.0. The fourth-order valence-corrected chi connectivity index (χ4v) is 1.19. The molecule has 1 amide bonds. The average molecular weight is 226 g/mol. The van der Waals surface area contributed by atoms with Crippen molar-refractivity contribution >= 4 is 5.91 Å². The molecule has 2 N–H and O–H groups in total. The van der Waals surface area contributed by atoms with Gasteiger partial charge in [-0.15, -0.1) is 12.3 Å². The maximum atomic E-state index is 11.2. The maximum absolute atomic E-state index is 11.2. The topological polar surface area (TPSA) is 50.4 Å². The Hall–Kier alpha value is -1.05. The van der Waals surface area contributed by atoms with E-state index in [4.69, 9.17) is 11.2 Å². The van der Waals surface area contributed by atoms with Gasteiger partial charge in [0.1, 0.15) is 0 Å². The van der Waals surface area contributed by atoms with Crippen molar-refractivity contribution in [2.45, 2.75) is 25.7 Å². The van der Waals surface area contributed by atoms with Gasteiger partial charge in [-0.05, 0) is 25.8 Å². The van der Waals surface area contributed by atoms with E-state index in [0.29, 0.717) is 19.7 Å². The first kappa shape index (κ1) is 14.9. The Kier molecular flexibility index (Phi) is 11.2. The average Bonchev–Trinajstić information content (AvgIpc) is 2.29. The molecule has 0 saturated carbocycles. The molecule has 0 aliphatic carbocycles. The number of unbranched alkanes of at least 4 members (excludes halogenated alkanes) is 2. The summed E-state index contributed by atoms with van der Waals surface area (Å²) >= 11 is 0. The van der Waals surface area contributed by atoms with Crippen LogP contribution in [0.3, 0.4) is 0 Å². The van der Waals surface area contributed by atoms with Crippen molar-refractivity contribution in [3.63, 3.8) is 0 Å². The number of methoxy groups -OCH3 is 1. The molecule has 0 saturated heterocycles. The number of rotatable bonds is 10. The summed E-state index contributed by atoms with van der Waals surface area (Å²) in [6, 6.07) is 0. The largest absolute Gasteiger partial charge is 0.385 e. The van der Waals surface area contributed by atoms with Crippen molar-refractivity contribution in [1.29, 1.82) is 0 Å². The van der Waals surface area contributed by atoms with E-state index >= 15 is 0 Å². The van der Waals surface area contributed by atoms with E-state index in [0.717, 1.165) is 32.2 Å². The van der Waals surface area contributed by atoms with E-state index in [-0.39, 0.29) is 5.91 Å². The van der Waals surface area contributed by atoms with Crippen LogP contribution >= 0.6 is 0 Å². The molecule has 16 heavy (non-hydrogen) atoms. The quantitative estimate of drug-likeness (QED) is 0.422. The molecule has 0 heterocycles. The first-order valence-corrected chi connectivity index (χ1v) is 5.71. The number of hydrogen-bond donors (Lipinski definition) is 2. The minimum atomic E-state index is 0.0352. The highest BCUT2D eigenvalue weighted by Gasteiger charge is 1.98. The molecule has 92 valence electrons. The molecule has 0 unspecified atom stereocenters. The Morgan fingerprint density at radius 3 is 2.81 bits per heavy atom. The molecule has 0 aliphatic rings. The normalized spacial score (nSPS) is 9.75. The van der Waals surface area contributed by atoms with Crippen molar-refractivity contribution in [3.05, 3.63) is 0 Å². The lowest BCUT2D eigenvalue weighted by Gasteiger charge is -2.05. The fourth-order valence-electron chi connectivity index (χ4n) is 1.19. The molecule has 4 nitrogen and oxygen atoms in total. The highest BCUT2D eigenvalue weighted by Crippen LogP contribution is 1.90. The Bertz CT molecular complexity index is 212. The molecule has 0 atom stereocenters. The van der Waals surface area contributed by atoms with Crippen LogP contribution in [-0.2, 0) is 9.53 Å². The summed E-state index contributed by atoms with van der Waals surface area (Å²) in [7, 11) is 1.65. The number of carbonyl (C=O) groups excluding carboxylic acids is 1. The zero-order chi connectivity index (χ0) is 12.1. The maximum Gasteiger partial charge on any atom is 0.233 e. The zero-order valence-corrected chi connectivity index (χ0v) is 10.1. The smallest absolute Gasteiger partial charge is 0.233 e. The molecule has 0 aromatic rings. The van der Waals surface area contributed by atoms with E-state index in [1.807, 2.05) is 0 Å². The molecule has 0 aromatic carbocycles. The number of terminal acetylenes is 1. The Morgan fingerprint density at radius 1 is 1.31 bits per heavy atom. The van der Waals surface area contributed by atoms with Gasteiger partial charge in [-0.3, -0.25) is 4.79 Å². The van der Waals surface area contributed by atoms with E-state index in [1.165, 1.54) is 0 Å². The minimum absolute atomic E-state index is 0.0352. The van der Waals surface area contributed by atoms with Crippen LogP contribution in [0, 0.1) is 12.3 Å². The monoisotopic (exact) mass is 226 g/mol. The summed E-state index contributed by atoms with van der Waals surface area (Å²) in [5, 5.41) is 5.88. The molecular formula is C12H22N2O2. The number of ether oxygens (including phenoxy) is 1. The van der Waals surface area contributed by atoms with Crippen LogP contribution in [0.4, 0.5) is 0 Å². The number of amides is 1. The van der Waals surface area contributed by atoms with Gasteiger partial charge in [0.05, 0.1) is 6.54 Å². The molecule has 0 fully saturated rings. The van der Waals surface area contributed by atoms with Gasteiger partial charge in [0.15, 0.2) is 0 Å². The van der Waals surface area contributed by atoms with Gasteiger partial charge in [0.2, 0.25) is 5.91 Å². The Morgan fingerprint density at radius 2 is 2.12 bits per heavy atom. The van der Waals surface area contributed by atoms with Crippen molar-refractivity contribution in [3.8, 4) is 12.3 Å². The minimum Gasteiger partial charge on any atom is -0.385 e. The van der Waals surface area contributed by atoms with Crippen molar-refractivity contribution in [1.82, 2.24) is 10.6 Å². The summed E-state index contributed by atoms with van der Waals surface area (Å²) in [6.07, 6.45) is 8.82. The molecule has 0 aliphatic heterocycles. The van der Waals surface area contributed by atoms with Gasteiger partial charge in [0.25, 0.3) is 0 Å². The highest BCUT2D eigenvalue weighted by atomic mass is 16.5. The zero-order valence-electron chi connectivity index (χ0n) is 10.1. The molecule has 0 rings (SSSR count). The van der Waals surface area contributed by atoms with E-state index in [2.05, 4.69) is 16.6 Å². The second-order valence-corrected chi connectivity index (χ2v) is 3.53. The van der Waals surface area contributed by atoms with Crippen molar-refractivity contribution < 1.29 is 9.53 Å². The van der Waals surface area contributed by atoms with Crippen LogP contribution in [0.15, 0.2) is 0 Å². The predicted octanol–water partition coefficient (Wildman–Crippen LogP) is 0.532. The van der Waals surface area contributed by atoms with Gasteiger partial charge in [-0.25, -0.2) is 0 Å². The van der Waals surface area contributed by atoms with Crippen LogP contribution in [-0.4, -0.2) is 39.3 Å². The Labute approximate surface area is 98.1 Å². The van der Waals surface area contributed by atoms with Gasteiger partial charge < -0.3 is 15.4 Å². The second-order valence-electron chi connectivity index (χ2n) is 3.53. The van der Waals surface area contributed by atoms with E-state index in [1.54, 1.807) is 7.11 Å². The SMILES string of the molecule is C#CCCCCNCC(=O)NCCCOC.